The van der Waals surface area contributed by atoms with Gasteiger partial charge in [0.05, 0.1) is 0 Å². The van der Waals surface area contributed by atoms with E-state index in [1.54, 1.807) is 11.8 Å². The summed E-state index contributed by atoms with van der Waals surface area (Å²) in [6.45, 7) is 9.38. The summed E-state index contributed by atoms with van der Waals surface area (Å²) < 4.78 is 0. The lowest BCUT2D eigenvalue weighted by Gasteiger charge is -2.33. The summed E-state index contributed by atoms with van der Waals surface area (Å²) in [5.74, 6) is 0.115. The highest BCUT2D eigenvalue weighted by atomic mass is 16.2. The van der Waals surface area contributed by atoms with Gasteiger partial charge >= 0.3 is 0 Å². The van der Waals surface area contributed by atoms with E-state index in [-0.39, 0.29) is 11.8 Å². The maximum atomic E-state index is 12.4. The molecule has 0 saturated carbocycles. The van der Waals surface area contributed by atoms with Crippen LogP contribution in [0.2, 0.25) is 0 Å². The summed E-state index contributed by atoms with van der Waals surface area (Å²) in [6.07, 6.45) is 0.372. The fourth-order valence-corrected chi connectivity index (χ4v) is 3.08. The van der Waals surface area contributed by atoms with Gasteiger partial charge in [0, 0.05) is 51.8 Å². The molecule has 1 aliphatic heterocycles. The molecule has 1 aromatic rings. The molecule has 0 radical (unpaired) electrons. The molecular weight excluding hydrogens is 290 g/mol. The van der Waals surface area contributed by atoms with Gasteiger partial charge in [0.15, 0.2) is 0 Å². The summed E-state index contributed by atoms with van der Waals surface area (Å²) in [7, 11) is 2.07. The van der Waals surface area contributed by atoms with Crippen molar-refractivity contribution >= 4 is 17.5 Å². The molecule has 0 aliphatic carbocycles. The van der Waals surface area contributed by atoms with E-state index in [0.29, 0.717) is 13.0 Å². The van der Waals surface area contributed by atoms with Gasteiger partial charge in [0.2, 0.25) is 11.8 Å². The molecule has 5 nitrogen and oxygen atoms in total. The quantitative estimate of drug-likeness (QED) is 0.851. The molecule has 0 bridgehead atoms. The minimum Gasteiger partial charge on any atom is -0.340 e. The Hall–Kier alpha value is -1.88. The molecule has 5 heteroatoms. The Morgan fingerprint density at radius 2 is 1.65 bits per heavy atom. The molecule has 23 heavy (non-hydrogen) atoms. The number of carbonyl (C=O) groups excluding carboxylic acids is 2. The Morgan fingerprint density at radius 1 is 1.09 bits per heavy atom. The van der Waals surface area contributed by atoms with Crippen LogP contribution in [0.3, 0.4) is 0 Å². The van der Waals surface area contributed by atoms with Crippen LogP contribution >= 0.6 is 0 Å². The second-order valence-corrected chi connectivity index (χ2v) is 6.35. The lowest BCUT2D eigenvalue weighted by molar-refractivity contribution is -0.132. The number of para-hydroxylation sites is 1. The summed E-state index contributed by atoms with van der Waals surface area (Å²) in [5.41, 5.74) is 3.06. The minimum atomic E-state index is -0.0198. The maximum Gasteiger partial charge on any atom is 0.224 e. The highest BCUT2D eigenvalue weighted by Crippen LogP contribution is 2.25. The first-order chi connectivity index (χ1) is 10.9. The van der Waals surface area contributed by atoms with E-state index >= 15 is 0 Å². The summed E-state index contributed by atoms with van der Waals surface area (Å²) in [5, 5.41) is 0. The number of piperazine rings is 1. The standard InChI is InChI=1S/C18H27N3O2/c1-14-6-5-7-15(2)18(14)21(16(3)22)9-8-17(23)20-12-10-19(4)11-13-20/h5-7H,8-13H2,1-4H3. The van der Waals surface area contributed by atoms with Crippen molar-refractivity contribution in [1.29, 1.82) is 0 Å². The van der Waals surface area contributed by atoms with Crippen LogP contribution in [0.4, 0.5) is 5.69 Å². The van der Waals surface area contributed by atoms with Crippen LogP contribution in [0.1, 0.15) is 24.5 Å². The zero-order chi connectivity index (χ0) is 17.0. The van der Waals surface area contributed by atoms with Gasteiger partial charge in [-0.25, -0.2) is 0 Å². The molecule has 1 aliphatic rings. The van der Waals surface area contributed by atoms with Crippen LogP contribution in [0.25, 0.3) is 0 Å². The van der Waals surface area contributed by atoms with Crippen molar-refractivity contribution in [2.45, 2.75) is 27.2 Å². The lowest BCUT2D eigenvalue weighted by Crippen LogP contribution is -2.48. The van der Waals surface area contributed by atoms with Gasteiger partial charge in [0.25, 0.3) is 0 Å². The third kappa shape index (κ3) is 4.32. The number of hydrogen-bond acceptors (Lipinski definition) is 3. The topological polar surface area (TPSA) is 43.9 Å². The monoisotopic (exact) mass is 317 g/mol. The average Bonchev–Trinajstić information content (AvgIpc) is 2.50. The molecule has 1 aromatic carbocycles. The van der Waals surface area contributed by atoms with Crippen molar-refractivity contribution in [3.8, 4) is 0 Å². The van der Waals surface area contributed by atoms with Gasteiger partial charge in [-0.05, 0) is 32.0 Å². The van der Waals surface area contributed by atoms with Gasteiger partial charge < -0.3 is 14.7 Å². The van der Waals surface area contributed by atoms with Crippen LogP contribution < -0.4 is 4.90 Å². The Morgan fingerprint density at radius 3 is 2.17 bits per heavy atom. The Balaban J connectivity index is 2.03. The molecule has 1 fully saturated rings. The van der Waals surface area contributed by atoms with Crippen molar-refractivity contribution in [1.82, 2.24) is 9.80 Å². The third-order valence-corrected chi connectivity index (χ3v) is 4.49. The molecule has 126 valence electrons. The van der Waals surface area contributed by atoms with E-state index in [0.717, 1.165) is 43.0 Å². The largest absolute Gasteiger partial charge is 0.340 e. The third-order valence-electron chi connectivity index (χ3n) is 4.49. The molecule has 1 heterocycles. The van der Waals surface area contributed by atoms with Crippen LogP contribution in [0.5, 0.6) is 0 Å². The highest BCUT2D eigenvalue weighted by molar-refractivity contribution is 5.94. The predicted molar refractivity (Wildman–Crippen MR) is 92.6 cm³/mol. The Bertz CT molecular complexity index is 557. The number of nitrogens with zero attached hydrogens (tertiary/aromatic N) is 3. The second-order valence-electron chi connectivity index (χ2n) is 6.35. The number of likely N-dealkylation sites (N-methyl/N-ethyl adjacent to an activating group) is 1. The van der Waals surface area contributed by atoms with E-state index < -0.39 is 0 Å². The van der Waals surface area contributed by atoms with Crippen LogP contribution in [0.15, 0.2) is 18.2 Å². The van der Waals surface area contributed by atoms with Gasteiger partial charge in [-0.1, -0.05) is 18.2 Å². The summed E-state index contributed by atoms with van der Waals surface area (Å²) in [6, 6.07) is 5.99. The van der Waals surface area contributed by atoms with Gasteiger partial charge in [-0.15, -0.1) is 0 Å². The van der Waals surface area contributed by atoms with E-state index in [2.05, 4.69) is 11.9 Å². The second kappa shape index (κ2) is 7.59. The fraction of sp³-hybridized carbons (Fsp3) is 0.556. The minimum absolute atomic E-state index is 0.0198. The van der Waals surface area contributed by atoms with Crippen LogP contribution in [-0.4, -0.2) is 61.4 Å². The van der Waals surface area contributed by atoms with Gasteiger partial charge in [-0.3, -0.25) is 9.59 Å². The van der Waals surface area contributed by atoms with Crippen LogP contribution in [-0.2, 0) is 9.59 Å². The number of anilines is 1. The molecule has 2 rings (SSSR count). The van der Waals surface area contributed by atoms with E-state index in [1.807, 2.05) is 36.9 Å². The number of rotatable bonds is 4. The summed E-state index contributed by atoms with van der Waals surface area (Å²) in [4.78, 5) is 30.3. The molecule has 0 unspecified atom stereocenters. The van der Waals surface area contributed by atoms with E-state index in [9.17, 15) is 9.59 Å². The van der Waals surface area contributed by atoms with Crippen molar-refractivity contribution < 1.29 is 9.59 Å². The molecule has 0 spiro atoms. The first kappa shape index (κ1) is 17.5. The Labute approximate surface area is 138 Å². The number of hydrogen-bond donors (Lipinski definition) is 0. The smallest absolute Gasteiger partial charge is 0.224 e. The zero-order valence-corrected chi connectivity index (χ0v) is 14.6. The number of carbonyl (C=O) groups is 2. The van der Waals surface area contributed by atoms with E-state index in [4.69, 9.17) is 0 Å². The summed E-state index contributed by atoms with van der Waals surface area (Å²) >= 11 is 0. The molecule has 2 amide bonds. The van der Waals surface area contributed by atoms with E-state index in [1.165, 1.54) is 0 Å². The molecule has 0 N–H and O–H groups in total. The van der Waals surface area contributed by atoms with Crippen molar-refractivity contribution in [2.24, 2.45) is 0 Å². The highest BCUT2D eigenvalue weighted by Gasteiger charge is 2.22. The van der Waals surface area contributed by atoms with Crippen molar-refractivity contribution in [3.05, 3.63) is 29.3 Å². The van der Waals surface area contributed by atoms with Crippen molar-refractivity contribution in [2.75, 3.05) is 44.7 Å². The predicted octanol–water partition coefficient (Wildman–Crippen LogP) is 1.82. The lowest BCUT2D eigenvalue weighted by atomic mass is 10.1. The SMILES string of the molecule is CC(=O)N(CCC(=O)N1CCN(C)CC1)c1c(C)cccc1C. The number of aryl methyl sites for hydroxylation is 2. The maximum absolute atomic E-state index is 12.4. The Kier molecular flexibility index (Phi) is 5.77. The molecular formula is C18H27N3O2. The molecule has 1 saturated heterocycles. The number of amides is 2. The first-order valence-corrected chi connectivity index (χ1v) is 8.20. The van der Waals surface area contributed by atoms with Crippen molar-refractivity contribution in [3.63, 3.8) is 0 Å². The normalized spacial score (nSPS) is 15.6. The van der Waals surface area contributed by atoms with Gasteiger partial charge in [-0.2, -0.15) is 0 Å². The average molecular weight is 317 g/mol. The number of benzene rings is 1. The molecule has 0 atom stereocenters. The first-order valence-electron chi connectivity index (χ1n) is 8.20. The fourth-order valence-electron chi connectivity index (χ4n) is 3.08. The van der Waals surface area contributed by atoms with Crippen LogP contribution in [0, 0.1) is 13.8 Å². The van der Waals surface area contributed by atoms with Gasteiger partial charge in [0.1, 0.15) is 0 Å². The zero-order valence-electron chi connectivity index (χ0n) is 14.6. The molecule has 0 aromatic heterocycles.